The Morgan fingerprint density at radius 3 is 2.53 bits per heavy atom. The maximum Gasteiger partial charge on any atom is 0.248 e. The Kier molecular flexibility index (Phi) is 2.72. The average molecular weight is 221 g/mol. The van der Waals surface area contributed by atoms with E-state index in [0.29, 0.717) is 13.2 Å². The van der Waals surface area contributed by atoms with Crippen molar-refractivity contribution in [3.05, 3.63) is 4.91 Å². The molecule has 0 aromatic rings. The molecule has 1 aliphatic heterocycles. The number of halogens is 2. The van der Waals surface area contributed by atoms with E-state index in [9.17, 15) is 13.7 Å². The molecule has 86 valence electrons. The predicted molar refractivity (Wildman–Crippen MR) is 47.6 cm³/mol. The summed E-state index contributed by atoms with van der Waals surface area (Å²) in [6.45, 7) is 0.636. The third kappa shape index (κ3) is 2.01. The van der Waals surface area contributed by atoms with E-state index in [1.807, 2.05) is 0 Å². The fourth-order valence-corrected chi connectivity index (χ4v) is 2.32. The first kappa shape index (κ1) is 10.9. The summed E-state index contributed by atoms with van der Waals surface area (Å²) in [7, 11) is 0. The molecule has 0 radical (unpaired) electrons. The van der Waals surface area contributed by atoms with Crippen LogP contribution in [0.2, 0.25) is 0 Å². The van der Waals surface area contributed by atoms with Crippen LogP contribution in [0.15, 0.2) is 5.18 Å². The second-order valence-corrected chi connectivity index (χ2v) is 4.08. The Labute approximate surface area is 85.9 Å². The molecule has 1 saturated heterocycles. The number of nitrogens with zero attached hydrogens (tertiary/aromatic N) is 1. The van der Waals surface area contributed by atoms with Crippen molar-refractivity contribution >= 4 is 0 Å². The number of nitroso groups, excluding NO2 is 1. The number of hydrogen-bond donors (Lipinski definition) is 0. The molecule has 1 unspecified atom stereocenters. The van der Waals surface area contributed by atoms with Gasteiger partial charge >= 0.3 is 0 Å². The Bertz CT molecular complexity index is 254. The Morgan fingerprint density at radius 1 is 1.27 bits per heavy atom. The highest BCUT2D eigenvalue weighted by Crippen LogP contribution is 2.46. The lowest BCUT2D eigenvalue weighted by molar-refractivity contribution is -0.242. The second-order valence-electron chi connectivity index (χ2n) is 4.08. The number of rotatable bonds is 2. The van der Waals surface area contributed by atoms with Crippen LogP contribution in [-0.4, -0.2) is 31.5 Å². The zero-order valence-corrected chi connectivity index (χ0v) is 8.25. The Balaban J connectivity index is 2.13. The molecule has 0 N–H and O–H groups in total. The molecule has 0 aromatic carbocycles. The first-order valence-corrected chi connectivity index (χ1v) is 5.03. The lowest BCUT2D eigenvalue weighted by Crippen LogP contribution is -2.48. The molecule has 15 heavy (non-hydrogen) atoms. The van der Waals surface area contributed by atoms with Crippen LogP contribution in [0.4, 0.5) is 8.78 Å². The standard InChI is InChI=1S/C9H13F2NO3/c10-8(11)1-2-9(14-3-4-15-9)7(5-8)6-12-13/h7H,1-6H2. The molecule has 2 rings (SSSR count). The van der Waals surface area contributed by atoms with Gasteiger partial charge in [0.2, 0.25) is 5.92 Å². The number of hydrogen-bond acceptors (Lipinski definition) is 4. The molecule has 1 spiro atoms. The lowest BCUT2D eigenvalue weighted by atomic mass is 9.81. The van der Waals surface area contributed by atoms with Crippen molar-refractivity contribution in [1.82, 2.24) is 0 Å². The zero-order valence-electron chi connectivity index (χ0n) is 8.25. The van der Waals surface area contributed by atoms with Crippen molar-refractivity contribution in [3.8, 4) is 0 Å². The summed E-state index contributed by atoms with van der Waals surface area (Å²) >= 11 is 0. The fourth-order valence-electron chi connectivity index (χ4n) is 2.32. The quantitative estimate of drug-likeness (QED) is 0.669. The molecule has 2 aliphatic rings. The molecule has 2 fully saturated rings. The van der Waals surface area contributed by atoms with E-state index >= 15 is 0 Å². The highest BCUT2D eigenvalue weighted by molar-refractivity contribution is 4.93. The summed E-state index contributed by atoms with van der Waals surface area (Å²) in [5.74, 6) is -4.33. The van der Waals surface area contributed by atoms with Crippen molar-refractivity contribution in [2.45, 2.75) is 31.0 Å². The number of ether oxygens (including phenoxy) is 2. The summed E-state index contributed by atoms with van der Waals surface area (Å²) in [4.78, 5) is 10.2. The van der Waals surface area contributed by atoms with Crippen LogP contribution in [-0.2, 0) is 9.47 Å². The van der Waals surface area contributed by atoms with E-state index < -0.39 is 17.6 Å². The first-order chi connectivity index (χ1) is 7.08. The van der Waals surface area contributed by atoms with Crippen molar-refractivity contribution in [2.24, 2.45) is 11.1 Å². The fraction of sp³-hybridized carbons (Fsp3) is 1.00. The Hall–Kier alpha value is -0.620. The molecule has 0 amide bonds. The van der Waals surface area contributed by atoms with E-state index in [0.717, 1.165) is 0 Å². The van der Waals surface area contributed by atoms with E-state index in [2.05, 4.69) is 5.18 Å². The largest absolute Gasteiger partial charge is 0.347 e. The molecule has 1 atom stereocenters. The molecule has 0 aromatic heterocycles. The zero-order chi connectivity index (χ0) is 10.9. The van der Waals surface area contributed by atoms with Crippen LogP contribution in [0.5, 0.6) is 0 Å². The highest BCUT2D eigenvalue weighted by atomic mass is 19.3. The van der Waals surface area contributed by atoms with Gasteiger partial charge in [0.1, 0.15) is 0 Å². The number of alkyl halides is 2. The monoisotopic (exact) mass is 221 g/mol. The van der Waals surface area contributed by atoms with Gasteiger partial charge in [0.15, 0.2) is 5.79 Å². The van der Waals surface area contributed by atoms with E-state index in [1.54, 1.807) is 0 Å². The predicted octanol–water partition coefficient (Wildman–Crippen LogP) is 1.93. The summed E-state index contributed by atoms with van der Waals surface area (Å²) in [6, 6.07) is 0. The van der Waals surface area contributed by atoms with Gasteiger partial charge in [-0.3, -0.25) is 0 Å². The van der Waals surface area contributed by atoms with Crippen LogP contribution < -0.4 is 0 Å². The van der Waals surface area contributed by atoms with Crippen LogP contribution in [0.25, 0.3) is 0 Å². The van der Waals surface area contributed by atoms with Crippen molar-refractivity contribution in [1.29, 1.82) is 0 Å². The minimum Gasteiger partial charge on any atom is -0.347 e. The van der Waals surface area contributed by atoms with Gasteiger partial charge in [-0.25, -0.2) is 8.78 Å². The Morgan fingerprint density at radius 2 is 1.93 bits per heavy atom. The van der Waals surface area contributed by atoms with Crippen molar-refractivity contribution in [3.63, 3.8) is 0 Å². The summed E-state index contributed by atoms with van der Waals surface area (Å²) in [5, 5.41) is 2.70. The average Bonchev–Trinajstić information content (AvgIpc) is 2.62. The maximum atomic E-state index is 13.2. The van der Waals surface area contributed by atoms with Crippen LogP contribution in [0.3, 0.4) is 0 Å². The first-order valence-electron chi connectivity index (χ1n) is 5.03. The van der Waals surface area contributed by atoms with Crippen LogP contribution >= 0.6 is 0 Å². The van der Waals surface area contributed by atoms with E-state index in [4.69, 9.17) is 9.47 Å². The molecule has 0 bridgehead atoms. The third-order valence-electron chi connectivity index (χ3n) is 3.08. The summed E-state index contributed by atoms with van der Waals surface area (Å²) < 4.78 is 37.1. The molecule has 1 heterocycles. The maximum absolute atomic E-state index is 13.2. The minimum absolute atomic E-state index is 0.139. The third-order valence-corrected chi connectivity index (χ3v) is 3.08. The van der Waals surface area contributed by atoms with Gasteiger partial charge in [-0.1, -0.05) is 5.18 Å². The van der Waals surface area contributed by atoms with E-state index in [1.165, 1.54) is 0 Å². The summed E-state index contributed by atoms with van der Waals surface area (Å²) in [6.07, 6.45) is -0.485. The van der Waals surface area contributed by atoms with Crippen LogP contribution in [0, 0.1) is 10.8 Å². The van der Waals surface area contributed by atoms with Gasteiger partial charge < -0.3 is 9.47 Å². The van der Waals surface area contributed by atoms with E-state index in [-0.39, 0.29) is 25.8 Å². The smallest absolute Gasteiger partial charge is 0.248 e. The second kappa shape index (κ2) is 3.75. The molecular weight excluding hydrogens is 208 g/mol. The minimum atomic E-state index is -2.73. The topological polar surface area (TPSA) is 47.9 Å². The molecule has 1 saturated carbocycles. The van der Waals surface area contributed by atoms with Gasteiger partial charge in [0.05, 0.1) is 19.8 Å². The van der Waals surface area contributed by atoms with Crippen LogP contribution in [0.1, 0.15) is 19.3 Å². The molecule has 6 heteroatoms. The SMILES string of the molecule is O=NCC1CC(F)(F)CCC12OCCO2. The molecule has 1 aliphatic carbocycles. The highest BCUT2D eigenvalue weighted by Gasteiger charge is 2.53. The van der Waals surface area contributed by atoms with Crippen molar-refractivity contribution in [2.75, 3.05) is 19.8 Å². The van der Waals surface area contributed by atoms with Gasteiger partial charge in [-0.15, -0.1) is 0 Å². The van der Waals surface area contributed by atoms with Gasteiger partial charge in [-0.2, -0.15) is 4.91 Å². The molecular formula is C9H13F2NO3. The van der Waals surface area contributed by atoms with Gasteiger partial charge in [-0.05, 0) is 0 Å². The van der Waals surface area contributed by atoms with Crippen molar-refractivity contribution < 1.29 is 18.3 Å². The molecule has 4 nitrogen and oxygen atoms in total. The van der Waals surface area contributed by atoms with Gasteiger partial charge in [0, 0.05) is 25.2 Å². The lowest BCUT2D eigenvalue weighted by Gasteiger charge is -2.41. The van der Waals surface area contributed by atoms with Gasteiger partial charge in [0.25, 0.3) is 0 Å². The summed E-state index contributed by atoms with van der Waals surface area (Å²) in [5.41, 5.74) is 0. The normalized spacial score (nSPS) is 33.1.